The number of hydrogen-bond acceptors (Lipinski definition) is 4. The molecule has 0 aliphatic carbocycles. The molecule has 0 amide bonds. The molecule has 0 aliphatic heterocycles. The molecular weight excluding hydrogens is 407 g/mol. The monoisotopic (exact) mass is 430 g/mol. The lowest BCUT2D eigenvalue weighted by Gasteiger charge is -2.23. The molecule has 0 fully saturated rings. The Balaban J connectivity index is 0.00000364. The van der Waals surface area contributed by atoms with Gasteiger partial charge in [0.2, 0.25) is 0 Å². The zero-order valence-electron chi connectivity index (χ0n) is 15.9. The van der Waals surface area contributed by atoms with Crippen molar-refractivity contribution < 1.29 is 9.53 Å². The Morgan fingerprint density at radius 1 is 0.889 bits per heavy atom. The summed E-state index contributed by atoms with van der Waals surface area (Å²) in [6.07, 6.45) is 0. The molecule has 0 radical (unpaired) electrons. The normalized spacial score (nSPS) is 11.0. The molecule has 148 valence electrons. The molecule has 2 aromatic carbocycles. The quantitative estimate of drug-likeness (QED) is 0.542. The lowest BCUT2D eigenvalue weighted by molar-refractivity contribution is 0.0871. The number of carbonyl (C=O) groups excluding carboxylic acids is 1. The molecule has 0 heterocycles. The summed E-state index contributed by atoms with van der Waals surface area (Å²) in [7, 11) is 7.91. The molecule has 7 heteroatoms. The first-order valence-corrected chi connectivity index (χ1v) is 9.08. The Bertz CT molecular complexity index is 739. The standard InChI is InChI=1S/C20H24Cl2N2O2.ClH/c1-23(2)12-15(13-24(3)4)20(25)14-5-7-16(8-6-14)26-17-9-10-18(21)19(22)11-17;/h5-11,15H,12-13H2,1-4H3;1H. The molecule has 0 aliphatic rings. The van der Waals surface area contributed by atoms with Gasteiger partial charge < -0.3 is 14.5 Å². The molecular formula is C20H25Cl3N2O2. The summed E-state index contributed by atoms with van der Waals surface area (Å²) in [5.41, 5.74) is 0.681. The minimum atomic E-state index is -0.0816. The van der Waals surface area contributed by atoms with E-state index in [0.717, 1.165) is 0 Å². The summed E-state index contributed by atoms with van der Waals surface area (Å²) in [6, 6.07) is 12.3. The third-order valence-corrected chi connectivity index (χ3v) is 4.55. The predicted molar refractivity (Wildman–Crippen MR) is 115 cm³/mol. The number of nitrogens with zero attached hydrogens (tertiary/aromatic N) is 2. The van der Waals surface area contributed by atoms with Crippen molar-refractivity contribution in [3.8, 4) is 11.5 Å². The van der Waals surface area contributed by atoms with Gasteiger partial charge in [-0.05, 0) is 64.6 Å². The zero-order valence-corrected chi connectivity index (χ0v) is 18.2. The fraction of sp³-hybridized carbons (Fsp3) is 0.350. The highest BCUT2D eigenvalue weighted by atomic mass is 35.5. The average Bonchev–Trinajstić information content (AvgIpc) is 2.57. The van der Waals surface area contributed by atoms with E-state index in [2.05, 4.69) is 0 Å². The number of hydrogen-bond donors (Lipinski definition) is 0. The second-order valence-corrected chi connectivity index (χ2v) is 7.60. The third kappa shape index (κ3) is 7.32. The Labute approximate surface area is 177 Å². The summed E-state index contributed by atoms with van der Waals surface area (Å²) in [6.45, 7) is 1.41. The summed E-state index contributed by atoms with van der Waals surface area (Å²) in [5, 5.41) is 0.916. The summed E-state index contributed by atoms with van der Waals surface area (Å²) in [4.78, 5) is 16.9. The third-order valence-electron chi connectivity index (χ3n) is 3.81. The number of carbonyl (C=O) groups is 1. The first-order chi connectivity index (χ1) is 12.3. The molecule has 2 rings (SSSR count). The van der Waals surface area contributed by atoms with Crippen LogP contribution in [-0.4, -0.2) is 56.9 Å². The van der Waals surface area contributed by atoms with Crippen molar-refractivity contribution in [2.45, 2.75) is 0 Å². The number of halogens is 3. The van der Waals surface area contributed by atoms with Crippen LogP contribution in [0.15, 0.2) is 42.5 Å². The van der Waals surface area contributed by atoms with Crippen LogP contribution >= 0.6 is 35.6 Å². The maximum Gasteiger partial charge on any atom is 0.168 e. The topological polar surface area (TPSA) is 32.8 Å². The maximum absolute atomic E-state index is 12.8. The van der Waals surface area contributed by atoms with Crippen LogP contribution in [0.5, 0.6) is 11.5 Å². The van der Waals surface area contributed by atoms with Gasteiger partial charge in [0.25, 0.3) is 0 Å². The Kier molecular flexibility index (Phi) is 9.57. The molecule has 0 unspecified atom stereocenters. The Hall–Kier alpha value is -1.30. The van der Waals surface area contributed by atoms with Crippen molar-refractivity contribution in [1.82, 2.24) is 9.80 Å². The van der Waals surface area contributed by atoms with Gasteiger partial charge in [-0.15, -0.1) is 12.4 Å². The van der Waals surface area contributed by atoms with E-state index in [1.807, 2.05) is 38.0 Å². The van der Waals surface area contributed by atoms with Gasteiger partial charge >= 0.3 is 0 Å². The van der Waals surface area contributed by atoms with Gasteiger partial charge in [-0.1, -0.05) is 23.2 Å². The zero-order chi connectivity index (χ0) is 19.3. The van der Waals surface area contributed by atoms with Crippen LogP contribution in [0.25, 0.3) is 0 Å². The maximum atomic E-state index is 12.8. The van der Waals surface area contributed by atoms with Crippen LogP contribution in [0.1, 0.15) is 10.4 Å². The smallest absolute Gasteiger partial charge is 0.168 e. The molecule has 4 nitrogen and oxygen atoms in total. The van der Waals surface area contributed by atoms with E-state index in [-0.39, 0.29) is 24.1 Å². The molecule has 0 atom stereocenters. The number of ether oxygens (including phenoxy) is 1. The molecule has 0 N–H and O–H groups in total. The van der Waals surface area contributed by atoms with Crippen molar-refractivity contribution in [2.75, 3.05) is 41.3 Å². The van der Waals surface area contributed by atoms with Crippen LogP contribution in [0.2, 0.25) is 10.0 Å². The lowest BCUT2D eigenvalue weighted by Crippen LogP contribution is -2.35. The molecule has 0 spiro atoms. The fourth-order valence-electron chi connectivity index (χ4n) is 2.70. The highest BCUT2D eigenvalue weighted by Crippen LogP contribution is 2.29. The first kappa shape index (κ1) is 23.7. The Morgan fingerprint density at radius 2 is 1.41 bits per heavy atom. The number of ketones is 1. The van der Waals surface area contributed by atoms with E-state index in [0.29, 0.717) is 40.2 Å². The molecule has 0 saturated heterocycles. The van der Waals surface area contributed by atoms with Crippen LogP contribution in [0, 0.1) is 5.92 Å². The number of Topliss-reactive ketones (excluding diaryl/α,β-unsaturated/α-hetero) is 1. The van der Waals surface area contributed by atoms with E-state index in [9.17, 15) is 4.79 Å². The van der Waals surface area contributed by atoms with Gasteiger partial charge in [0.05, 0.1) is 10.0 Å². The minimum Gasteiger partial charge on any atom is -0.457 e. The van der Waals surface area contributed by atoms with Crippen LogP contribution in [-0.2, 0) is 0 Å². The van der Waals surface area contributed by atoms with Crippen LogP contribution in [0.4, 0.5) is 0 Å². The molecule has 0 aromatic heterocycles. The van der Waals surface area contributed by atoms with Gasteiger partial charge in [0.1, 0.15) is 11.5 Å². The van der Waals surface area contributed by atoms with Crippen molar-refractivity contribution in [1.29, 1.82) is 0 Å². The summed E-state index contributed by atoms with van der Waals surface area (Å²) in [5.74, 6) is 1.28. The molecule has 0 bridgehead atoms. The largest absolute Gasteiger partial charge is 0.457 e. The fourth-order valence-corrected chi connectivity index (χ4v) is 2.99. The van der Waals surface area contributed by atoms with Gasteiger partial charge in [-0.3, -0.25) is 4.79 Å². The van der Waals surface area contributed by atoms with Gasteiger partial charge in [0, 0.05) is 30.6 Å². The highest BCUT2D eigenvalue weighted by Gasteiger charge is 2.21. The van der Waals surface area contributed by atoms with E-state index in [1.54, 1.807) is 42.5 Å². The Morgan fingerprint density at radius 3 is 1.89 bits per heavy atom. The minimum absolute atomic E-state index is 0. The molecule has 27 heavy (non-hydrogen) atoms. The predicted octanol–water partition coefficient (Wildman–Crippen LogP) is 5.13. The van der Waals surface area contributed by atoms with Gasteiger partial charge in [0.15, 0.2) is 5.78 Å². The van der Waals surface area contributed by atoms with Crippen LogP contribution < -0.4 is 4.74 Å². The van der Waals surface area contributed by atoms with Crippen molar-refractivity contribution in [3.05, 3.63) is 58.1 Å². The number of benzene rings is 2. The summed E-state index contributed by atoms with van der Waals surface area (Å²) < 4.78 is 5.77. The van der Waals surface area contributed by atoms with E-state index in [1.165, 1.54) is 0 Å². The summed E-state index contributed by atoms with van der Waals surface area (Å²) >= 11 is 11.9. The van der Waals surface area contributed by atoms with Gasteiger partial charge in [-0.2, -0.15) is 0 Å². The molecule has 0 saturated carbocycles. The van der Waals surface area contributed by atoms with Crippen LogP contribution in [0.3, 0.4) is 0 Å². The first-order valence-electron chi connectivity index (χ1n) is 8.33. The number of rotatable bonds is 8. The average molecular weight is 432 g/mol. The van der Waals surface area contributed by atoms with E-state index < -0.39 is 0 Å². The van der Waals surface area contributed by atoms with Gasteiger partial charge in [-0.25, -0.2) is 0 Å². The second-order valence-electron chi connectivity index (χ2n) is 6.79. The SMILES string of the molecule is CN(C)CC(CN(C)C)C(=O)c1ccc(Oc2ccc(Cl)c(Cl)c2)cc1.Cl. The second kappa shape index (κ2) is 10.9. The van der Waals surface area contributed by atoms with Crippen molar-refractivity contribution in [2.24, 2.45) is 5.92 Å². The highest BCUT2D eigenvalue weighted by molar-refractivity contribution is 6.42. The lowest BCUT2D eigenvalue weighted by atomic mass is 9.96. The van der Waals surface area contributed by atoms with Crippen molar-refractivity contribution in [3.63, 3.8) is 0 Å². The van der Waals surface area contributed by atoms with E-state index in [4.69, 9.17) is 27.9 Å². The van der Waals surface area contributed by atoms with E-state index >= 15 is 0 Å². The van der Waals surface area contributed by atoms with Crippen molar-refractivity contribution >= 4 is 41.4 Å². The molecule has 2 aromatic rings.